The SMILES string of the molecule is N#Cc1nc(-c2ccc(S(=O)(=O)N3CCCCCC3)cc2)oc1N1CCN(c2cccc(Cl)c2)CC1. The van der Waals surface area contributed by atoms with Crippen LogP contribution in [0.25, 0.3) is 11.5 Å². The highest BCUT2D eigenvalue weighted by Crippen LogP contribution is 2.31. The highest BCUT2D eigenvalue weighted by atomic mass is 35.5. The third kappa shape index (κ3) is 5.07. The number of hydrogen-bond donors (Lipinski definition) is 0. The lowest BCUT2D eigenvalue weighted by Crippen LogP contribution is -2.46. The Morgan fingerprint density at radius 2 is 1.56 bits per heavy atom. The Labute approximate surface area is 216 Å². The third-order valence-electron chi connectivity index (χ3n) is 6.76. The van der Waals surface area contributed by atoms with Gasteiger partial charge in [0.2, 0.25) is 27.5 Å². The predicted molar refractivity (Wildman–Crippen MR) is 140 cm³/mol. The predicted octanol–water partition coefficient (Wildman–Crippen LogP) is 4.76. The summed E-state index contributed by atoms with van der Waals surface area (Å²) in [7, 11) is -3.53. The second-order valence-corrected chi connectivity index (χ2v) is 11.5. The molecule has 0 saturated carbocycles. The normalized spacial score (nSPS) is 17.6. The Morgan fingerprint density at radius 3 is 2.19 bits per heavy atom. The number of aromatic nitrogens is 1. The van der Waals surface area contributed by atoms with E-state index in [-0.39, 0.29) is 10.6 Å². The molecule has 0 aliphatic carbocycles. The number of sulfonamides is 1. The molecule has 0 amide bonds. The van der Waals surface area contributed by atoms with Crippen LogP contribution in [0.1, 0.15) is 31.4 Å². The first-order valence-electron chi connectivity index (χ1n) is 12.2. The Balaban J connectivity index is 1.31. The van der Waals surface area contributed by atoms with Crippen molar-refractivity contribution >= 4 is 33.2 Å². The topological polar surface area (TPSA) is 93.7 Å². The van der Waals surface area contributed by atoms with Crippen LogP contribution in [0.5, 0.6) is 0 Å². The summed E-state index contributed by atoms with van der Waals surface area (Å²) in [5, 5.41) is 10.4. The van der Waals surface area contributed by atoms with Crippen LogP contribution < -0.4 is 9.80 Å². The molecule has 10 heteroatoms. The van der Waals surface area contributed by atoms with E-state index in [1.165, 1.54) is 0 Å². The van der Waals surface area contributed by atoms with E-state index in [4.69, 9.17) is 16.0 Å². The first-order chi connectivity index (χ1) is 17.5. The van der Waals surface area contributed by atoms with E-state index < -0.39 is 10.0 Å². The number of halogens is 1. The van der Waals surface area contributed by atoms with Gasteiger partial charge in [-0.25, -0.2) is 8.42 Å². The molecule has 0 bridgehead atoms. The van der Waals surface area contributed by atoms with E-state index >= 15 is 0 Å². The number of nitrogens with zero attached hydrogens (tertiary/aromatic N) is 5. The maximum atomic E-state index is 13.1. The van der Waals surface area contributed by atoms with E-state index in [1.807, 2.05) is 29.2 Å². The Hall–Kier alpha value is -3.06. The minimum atomic E-state index is -3.53. The molecule has 36 heavy (non-hydrogen) atoms. The lowest BCUT2D eigenvalue weighted by molar-refractivity contribution is 0.423. The molecule has 5 rings (SSSR count). The summed E-state index contributed by atoms with van der Waals surface area (Å²) in [6.07, 6.45) is 3.91. The molecule has 0 unspecified atom stereocenters. The molecule has 3 aromatic rings. The fourth-order valence-electron chi connectivity index (χ4n) is 4.76. The summed E-state index contributed by atoms with van der Waals surface area (Å²) in [6, 6.07) is 16.5. The van der Waals surface area contributed by atoms with E-state index in [0.29, 0.717) is 48.5 Å². The van der Waals surface area contributed by atoms with Crippen LogP contribution in [0.3, 0.4) is 0 Å². The van der Waals surface area contributed by atoms with Crippen LogP contribution >= 0.6 is 11.6 Å². The molecule has 0 spiro atoms. The Kier molecular flexibility index (Phi) is 7.19. The zero-order valence-corrected chi connectivity index (χ0v) is 21.5. The van der Waals surface area contributed by atoms with Gasteiger partial charge in [0.1, 0.15) is 6.07 Å². The summed E-state index contributed by atoms with van der Waals surface area (Å²) < 4.78 is 33.8. The lowest BCUT2D eigenvalue weighted by Gasteiger charge is -2.35. The maximum absolute atomic E-state index is 13.1. The molecule has 2 aromatic carbocycles. The van der Waals surface area contributed by atoms with Crippen molar-refractivity contribution in [3.63, 3.8) is 0 Å². The van der Waals surface area contributed by atoms with Crippen LogP contribution in [0.4, 0.5) is 11.6 Å². The van der Waals surface area contributed by atoms with Gasteiger partial charge in [0.05, 0.1) is 4.90 Å². The number of hydrogen-bond acceptors (Lipinski definition) is 7. The van der Waals surface area contributed by atoms with Crippen molar-refractivity contribution in [1.29, 1.82) is 5.26 Å². The van der Waals surface area contributed by atoms with Crippen molar-refractivity contribution in [3.8, 4) is 17.5 Å². The molecular weight excluding hydrogens is 498 g/mol. The van der Waals surface area contributed by atoms with Crippen molar-refractivity contribution in [1.82, 2.24) is 9.29 Å². The van der Waals surface area contributed by atoms with Crippen LogP contribution in [0.2, 0.25) is 5.02 Å². The molecule has 2 fully saturated rings. The fraction of sp³-hybridized carbons (Fsp3) is 0.385. The molecule has 0 radical (unpaired) electrons. The first-order valence-corrected chi connectivity index (χ1v) is 14.0. The van der Waals surface area contributed by atoms with Gasteiger partial charge in [-0.05, 0) is 55.3 Å². The van der Waals surface area contributed by atoms with Gasteiger partial charge in [-0.3, -0.25) is 0 Å². The van der Waals surface area contributed by atoms with E-state index in [2.05, 4.69) is 16.0 Å². The van der Waals surface area contributed by atoms with Gasteiger partial charge in [0.15, 0.2) is 0 Å². The van der Waals surface area contributed by atoms with Gasteiger partial charge in [0.25, 0.3) is 0 Å². The van der Waals surface area contributed by atoms with Gasteiger partial charge in [-0.2, -0.15) is 14.6 Å². The summed E-state index contributed by atoms with van der Waals surface area (Å²) in [5.74, 6) is 0.747. The third-order valence-corrected chi connectivity index (χ3v) is 8.91. The number of piperazine rings is 1. The average molecular weight is 526 g/mol. The Morgan fingerprint density at radius 1 is 0.889 bits per heavy atom. The van der Waals surface area contributed by atoms with E-state index in [0.717, 1.165) is 44.5 Å². The van der Waals surface area contributed by atoms with Crippen molar-refractivity contribution < 1.29 is 12.8 Å². The number of benzene rings is 2. The zero-order chi connectivity index (χ0) is 25.1. The van der Waals surface area contributed by atoms with E-state index in [1.54, 1.807) is 28.6 Å². The summed E-state index contributed by atoms with van der Waals surface area (Å²) >= 11 is 6.14. The number of nitriles is 1. The van der Waals surface area contributed by atoms with Crippen LogP contribution in [0, 0.1) is 11.3 Å². The van der Waals surface area contributed by atoms with Crippen LogP contribution in [0.15, 0.2) is 57.8 Å². The average Bonchev–Trinajstić information content (AvgIpc) is 3.14. The van der Waals surface area contributed by atoms with Gasteiger partial charge in [-0.1, -0.05) is 30.5 Å². The highest BCUT2D eigenvalue weighted by molar-refractivity contribution is 7.89. The molecule has 3 heterocycles. The summed E-state index contributed by atoms with van der Waals surface area (Å²) in [6.45, 7) is 3.97. The van der Waals surface area contributed by atoms with Gasteiger partial charge < -0.3 is 14.2 Å². The van der Waals surface area contributed by atoms with Crippen molar-refractivity contribution in [2.45, 2.75) is 30.6 Å². The number of rotatable bonds is 5. The number of oxazole rings is 1. The number of anilines is 2. The van der Waals surface area contributed by atoms with E-state index in [9.17, 15) is 13.7 Å². The summed E-state index contributed by atoms with van der Waals surface area (Å²) in [4.78, 5) is 8.93. The standard InChI is InChI=1S/C26H28ClN5O3S/c27-21-6-5-7-22(18-21)30-14-16-31(17-15-30)26-24(19-28)29-25(35-26)20-8-10-23(11-9-20)36(33,34)32-12-3-1-2-4-13-32/h5-11,18H,1-4,12-17H2. The molecule has 2 aliphatic heterocycles. The first kappa shape index (κ1) is 24.6. The smallest absolute Gasteiger partial charge is 0.243 e. The largest absolute Gasteiger partial charge is 0.419 e. The Bertz CT molecular complexity index is 1350. The molecule has 1 aromatic heterocycles. The highest BCUT2D eigenvalue weighted by Gasteiger charge is 2.27. The minimum absolute atomic E-state index is 0.225. The lowest BCUT2D eigenvalue weighted by atomic mass is 10.2. The van der Waals surface area contributed by atoms with Crippen molar-refractivity contribution in [2.75, 3.05) is 49.1 Å². The second kappa shape index (κ2) is 10.5. The molecular formula is C26H28ClN5O3S. The minimum Gasteiger partial charge on any atom is -0.419 e. The monoisotopic (exact) mass is 525 g/mol. The van der Waals surface area contributed by atoms with Gasteiger partial charge >= 0.3 is 0 Å². The van der Waals surface area contributed by atoms with Gasteiger partial charge in [0, 0.05) is 55.5 Å². The molecule has 8 nitrogen and oxygen atoms in total. The van der Waals surface area contributed by atoms with Crippen molar-refractivity contribution in [2.24, 2.45) is 0 Å². The summed E-state index contributed by atoms with van der Waals surface area (Å²) in [5.41, 5.74) is 1.92. The van der Waals surface area contributed by atoms with Crippen LogP contribution in [-0.2, 0) is 10.0 Å². The molecule has 0 N–H and O–H groups in total. The fourth-order valence-corrected chi connectivity index (χ4v) is 6.47. The van der Waals surface area contributed by atoms with Gasteiger partial charge in [-0.15, -0.1) is 0 Å². The maximum Gasteiger partial charge on any atom is 0.243 e. The quantitative estimate of drug-likeness (QED) is 0.474. The van der Waals surface area contributed by atoms with Crippen LogP contribution in [-0.4, -0.2) is 57.0 Å². The molecule has 2 saturated heterocycles. The zero-order valence-electron chi connectivity index (χ0n) is 19.9. The van der Waals surface area contributed by atoms with Crippen molar-refractivity contribution in [3.05, 3.63) is 59.2 Å². The molecule has 188 valence electrons. The molecule has 0 atom stereocenters. The molecule has 2 aliphatic rings. The second-order valence-electron chi connectivity index (χ2n) is 9.08.